The quantitative estimate of drug-likeness (QED) is 0.665. The smallest absolute Gasteiger partial charge is 0.407 e. The summed E-state index contributed by atoms with van der Waals surface area (Å²) < 4.78 is 19.2. The number of halogens is 2. The van der Waals surface area contributed by atoms with Gasteiger partial charge in [0.1, 0.15) is 12.4 Å². The molecule has 0 aromatic heterocycles. The summed E-state index contributed by atoms with van der Waals surface area (Å²) in [5, 5.41) is 11.5. The number of hydrogen-bond donors (Lipinski definition) is 2. The largest absolute Gasteiger partial charge is 0.481 e. The van der Waals surface area contributed by atoms with Crippen LogP contribution in [-0.2, 0) is 16.1 Å². The lowest BCUT2D eigenvalue weighted by Gasteiger charge is -2.18. The molecule has 2 aromatic carbocycles. The van der Waals surface area contributed by atoms with Gasteiger partial charge in [0.15, 0.2) is 0 Å². The Morgan fingerprint density at radius 2 is 1.92 bits per heavy atom. The van der Waals surface area contributed by atoms with Crippen LogP contribution in [0.1, 0.15) is 23.6 Å². The van der Waals surface area contributed by atoms with Gasteiger partial charge in [-0.15, -0.1) is 0 Å². The van der Waals surface area contributed by atoms with Crippen molar-refractivity contribution in [3.8, 4) is 0 Å². The fourth-order valence-corrected chi connectivity index (χ4v) is 2.77. The van der Waals surface area contributed by atoms with Crippen molar-refractivity contribution >= 4 is 34.7 Å². The van der Waals surface area contributed by atoms with Gasteiger partial charge in [0.2, 0.25) is 0 Å². The molecule has 2 N–H and O–H groups in total. The van der Waals surface area contributed by atoms with Gasteiger partial charge in [0.05, 0.1) is 12.5 Å². The number of carboxylic acid groups (broad SMARTS) is 1. The molecule has 1 amide bonds. The van der Waals surface area contributed by atoms with Crippen LogP contribution in [-0.4, -0.2) is 17.2 Å². The van der Waals surface area contributed by atoms with Crippen LogP contribution in [0.25, 0.3) is 0 Å². The third-order valence-corrected chi connectivity index (χ3v) is 3.79. The molecular weight excluding hydrogens is 428 g/mol. The number of carbonyl (C=O) groups excluding carboxylic acids is 1. The van der Waals surface area contributed by atoms with Gasteiger partial charge in [0.25, 0.3) is 0 Å². The molecule has 2 rings (SSSR count). The molecule has 0 spiro atoms. The molecule has 0 saturated carbocycles. The summed E-state index contributed by atoms with van der Waals surface area (Å²) in [6, 6.07) is 12.3. The molecule has 7 heteroatoms. The van der Waals surface area contributed by atoms with E-state index >= 15 is 0 Å². The predicted octanol–water partition coefficient (Wildman–Crippen LogP) is 3.87. The average molecular weight is 443 g/mol. The van der Waals surface area contributed by atoms with Crippen molar-refractivity contribution in [2.45, 2.75) is 19.1 Å². The zero-order valence-corrected chi connectivity index (χ0v) is 14.7. The minimum atomic E-state index is -1.11. The summed E-state index contributed by atoms with van der Waals surface area (Å²) >= 11 is 1.92. The molecule has 0 aliphatic heterocycles. The second-order valence-corrected chi connectivity index (χ2v) is 6.30. The molecule has 0 aliphatic rings. The Morgan fingerprint density at radius 3 is 2.54 bits per heavy atom. The van der Waals surface area contributed by atoms with Crippen molar-refractivity contribution in [2.24, 2.45) is 0 Å². The number of carbonyl (C=O) groups is 2. The van der Waals surface area contributed by atoms with E-state index in [1.165, 1.54) is 12.1 Å². The molecule has 0 radical (unpaired) electrons. The van der Waals surface area contributed by atoms with Crippen LogP contribution in [0, 0.1) is 9.39 Å². The van der Waals surface area contributed by atoms with Gasteiger partial charge < -0.3 is 15.2 Å². The number of ether oxygens (including phenoxy) is 1. The number of rotatable bonds is 6. The lowest BCUT2D eigenvalue weighted by atomic mass is 10.0. The van der Waals surface area contributed by atoms with Crippen molar-refractivity contribution in [3.05, 3.63) is 69.0 Å². The molecule has 0 aliphatic carbocycles. The Labute approximate surface area is 152 Å². The molecule has 0 bridgehead atoms. The van der Waals surface area contributed by atoms with E-state index in [1.807, 2.05) is 40.8 Å². The molecule has 126 valence electrons. The molecule has 24 heavy (non-hydrogen) atoms. The highest BCUT2D eigenvalue weighted by atomic mass is 127. The topological polar surface area (TPSA) is 75.6 Å². The number of amides is 1. The second-order valence-electron chi connectivity index (χ2n) is 5.06. The first kappa shape index (κ1) is 18.2. The zero-order chi connectivity index (χ0) is 17.5. The maximum absolute atomic E-state index is 13.5. The molecule has 2 aromatic rings. The standard InChI is InChI=1S/C17H15FINO4/c18-13-6-12(7-14(19)8-13)15(9-16(21)22)20-17(23)24-10-11-4-2-1-3-5-11/h1-8,15H,9-10H2,(H,20,23)(H,21,22). The minimum Gasteiger partial charge on any atom is -0.481 e. The van der Waals surface area contributed by atoms with Crippen LogP contribution in [0.4, 0.5) is 9.18 Å². The van der Waals surface area contributed by atoms with Gasteiger partial charge in [0, 0.05) is 3.57 Å². The van der Waals surface area contributed by atoms with Crippen LogP contribution in [0.2, 0.25) is 0 Å². The fourth-order valence-electron chi connectivity index (χ4n) is 2.11. The van der Waals surface area contributed by atoms with Crippen LogP contribution in [0.3, 0.4) is 0 Å². The predicted molar refractivity (Wildman–Crippen MR) is 93.9 cm³/mol. The summed E-state index contributed by atoms with van der Waals surface area (Å²) in [6.07, 6.45) is -1.13. The SMILES string of the molecule is O=C(O)CC(NC(=O)OCc1ccccc1)c1cc(F)cc(I)c1. The Hall–Kier alpha value is -2.16. The molecule has 0 saturated heterocycles. The van der Waals surface area contributed by atoms with Crippen molar-refractivity contribution in [3.63, 3.8) is 0 Å². The lowest BCUT2D eigenvalue weighted by molar-refractivity contribution is -0.137. The number of alkyl carbamates (subject to hydrolysis) is 1. The van der Waals surface area contributed by atoms with Gasteiger partial charge in [-0.2, -0.15) is 0 Å². The maximum atomic E-state index is 13.5. The number of nitrogens with one attached hydrogen (secondary N) is 1. The second kappa shape index (κ2) is 8.62. The maximum Gasteiger partial charge on any atom is 0.407 e. The van der Waals surface area contributed by atoms with Crippen molar-refractivity contribution in [1.29, 1.82) is 0 Å². The molecule has 0 heterocycles. The molecular formula is C17H15FINO4. The molecule has 1 atom stereocenters. The van der Waals surface area contributed by atoms with Crippen molar-refractivity contribution in [1.82, 2.24) is 5.32 Å². The first-order chi connectivity index (χ1) is 11.4. The van der Waals surface area contributed by atoms with E-state index in [-0.39, 0.29) is 13.0 Å². The van der Waals surface area contributed by atoms with Crippen LogP contribution in [0.15, 0.2) is 48.5 Å². The highest BCUT2D eigenvalue weighted by molar-refractivity contribution is 14.1. The minimum absolute atomic E-state index is 0.0626. The number of aliphatic carboxylic acids is 1. The fraction of sp³-hybridized carbons (Fsp3) is 0.176. The summed E-state index contributed by atoms with van der Waals surface area (Å²) in [6.45, 7) is 0.0626. The van der Waals surface area contributed by atoms with Gasteiger partial charge >= 0.3 is 12.1 Å². The van der Waals surface area contributed by atoms with E-state index in [1.54, 1.807) is 18.2 Å². The average Bonchev–Trinajstić information content (AvgIpc) is 2.52. The summed E-state index contributed by atoms with van der Waals surface area (Å²) in [5.41, 5.74) is 1.18. The zero-order valence-electron chi connectivity index (χ0n) is 12.5. The third kappa shape index (κ3) is 5.80. The third-order valence-electron chi connectivity index (χ3n) is 3.17. The summed E-state index contributed by atoms with van der Waals surface area (Å²) in [4.78, 5) is 23.0. The Balaban J connectivity index is 2.05. The van der Waals surface area contributed by atoms with Crippen LogP contribution < -0.4 is 5.32 Å². The van der Waals surface area contributed by atoms with Crippen molar-refractivity contribution in [2.75, 3.05) is 0 Å². The van der Waals surface area contributed by atoms with E-state index in [0.717, 1.165) is 5.56 Å². The Morgan fingerprint density at radius 1 is 1.21 bits per heavy atom. The van der Waals surface area contributed by atoms with E-state index in [9.17, 15) is 14.0 Å². The van der Waals surface area contributed by atoms with Gasteiger partial charge in [-0.1, -0.05) is 30.3 Å². The first-order valence-electron chi connectivity index (χ1n) is 7.09. The van der Waals surface area contributed by atoms with Crippen LogP contribution >= 0.6 is 22.6 Å². The van der Waals surface area contributed by atoms with Gasteiger partial charge in [-0.25, -0.2) is 9.18 Å². The molecule has 0 fully saturated rings. The number of benzene rings is 2. The Kier molecular flexibility index (Phi) is 6.53. The lowest BCUT2D eigenvalue weighted by Crippen LogP contribution is -2.30. The highest BCUT2D eigenvalue weighted by Crippen LogP contribution is 2.21. The van der Waals surface area contributed by atoms with Gasteiger partial charge in [-0.05, 0) is 51.9 Å². The normalized spacial score (nSPS) is 11.6. The number of carboxylic acids is 1. The molecule has 1 unspecified atom stereocenters. The van der Waals surface area contributed by atoms with E-state index in [4.69, 9.17) is 9.84 Å². The highest BCUT2D eigenvalue weighted by Gasteiger charge is 2.20. The Bertz CT molecular complexity index is 704. The first-order valence-corrected chi connectivity index (χ1v) is 8.17. The van der Waals surface area contributed by atoms with Crippen LogP contribution in [0.5, 0.6) is 0 Å². The van der Waals surface area contributed by atoms with E-state index in [0.29, 0.717) is 9.13 Å². The molecule has 5 nitrogen and oxygen atoms in total. The summed E-state index contributed by atoms with van der Waals surface area (Å²) in [5.74, 6) is -1.60. The van der Waals surface area contributed by atoms with Crippen molar-refractivity contribution < 1.29 is 23.8 Å². The number of hydrogen-bond acceptors (Lipinski definition) is 3. The monoisotopic (exact) mass is 443 g/mol. The van der Waals surface area contributed by atoms with E-state index < -0.39 is 23.9 Å². The van der Waals surface area contributed by atoms with E-state index in [2.05, 4.69) is 5.32 Å². The summed E-state index contributed by atoms with van der Waals surface area (Å²) in [7, 11) is 0. The van der Waals surface area contributed by atoms with Gasteiger partial charge in [-0.3, -0.25) is 4.79 Å².